The van der Waals surface area contributed by atoms with Crippen LogP contribution in [0.25, 0.3) is 0 Å². The molecule has 0 saturated carbocycles. The number of nitrogens with one attached hydrogen (secondary N) is 1. The molecule has 1 aromatic heterocycles. The molecule has 0 bridgehead atoms. The molecule has 66 valence electrons. The van der Waals surface area contributed by atoms with Crippen LogP contribution in [0.4, 0.5) is 0 Å². The maximum Gasteiger partial charge on any atom is 0.0478 e. The Labute approximate surface area is 76.2 Å². The zero-order valence-corrected chi connectivity index (χ0v) is 7.68. The molecule has 0 unspecified atom stereocenters. The molecule has 0 spiro atoms. The van der Waals surface area contributed by atoms with Crippen LogP contribution in [0.3, 0.4) is 0 Å². The number of hydrogen-bond acceptors (Lipinski definition) is 3. The smallest absolute Gasteiger partial charge is 0.0478 e. The molecule has 0 amide bonds. The normalized spacial score (nSPS) is 29.4. The van der Waals surface area contributed by atoms with Gasteiger partial charge in [0.25, 0.3) is 0 Å². The van der Waals surface area contributed by atoms with E-state index in [2.05, 4.69) is 22.8 Å². The first-order valence-electron chi connectivity index (χ1n) is 4.29. The van der Waals surface area contributed by atoms with Gasteiger partial charge in [0, 0.05) is 23.4 Å². The van der Waals surface area contributed by atoms with Crippen molar-refractivity contribution in [2.75, 3.05) is 13.2 Å². The van der Waals surface area contributed by atoms with Gasteiger partial charge < -0.3 is 10.4 Å². The molecule has 2 heterocycles. The Morgan fingerprint density at radius 3 is 3.25 bits per heavy atom. The van der Waals surface area contributed by atoms with E-state index in [9.17, 15) is 0 Å². The largest absolute Gasteiger partial charge is 0.396 e. The molecule has 0 radical (unpaired) electrons. The molecule has 3 heteroatoms. The van der Waals surface area contributed by atoms with E-state index < -0.39 is 0 Å². The van der Waals surface area contributed by atoms with Crippen molar-refractivity contribution in [1.29, 1.82) is 0 Å². The lowest BCUT2D eigenvalue weighted by molar-refractivity contribution is 0.215. The van der Waals surface area contributed by atoms with Crippen LogP contribution in [-0.2, 0) is 0 Å². The molecular formula is C9H13NOS. The second-order valence-corrected chi connectivity index (χ2v) is 4.16. The molecule has 2 rings (SSSR count). The highest BCUT2D eigenvalue weighted by Gasteiger charge is 2.27. The minimum absolute atomic E-state index is 0.301. The average molecular weight is 183 g/mol. The van der Waals surface area contributed by atoms with Gasteiger partial charge >= 0.3 is 0 Å². The van der Waals surface area contributed by atoms with Gasteiger partial charge in [0.05, 0.1) is 0 Å². The predicted molar refractivity (Wildman–Crippen MR) is 50.3 cm³/mol. The maximum absolute atomic E-state index is 9.10. The van der Waals surface area contributed by atoms with Crippen molar-refractivity contribution in [3.8, 4) is 0 Å². The summed E-state index contributed by atoms with van der Waals surface area (Å²) in [5, 5.41) is 14.6. The van der Waals surface area contributed by atoms with Gasteiger partial charge in [0.15, 0.2) is 0 Å². The Morgan fingerprint density at radius 1 is 1.67 bits per heavy atom. The molecular weight excluding hydrogens is 170 g/mol. The van der Waals surface area contributed by atoms with E-state index in [-0.39, 0.29) is 0 Å². The van der Waals surface area contributed by atoms with Gasteiger partial charge in [0.2, 0.25) is 0 Å². The lowest BCUT2D eigenvalue weighted by Crippen LogP contribution is -2.18. The summed E-state index contributed by atoms with van der Waals surface area (Å²) in [5.41, 5.74) is 0. The maximum atomic E-state index is 9.10. The first-order valence-corrected chi connectivity index (χ1v) is 5.17. The van der Waals surface area contributed by atoms with Gasteiger partial charge in [-0.25, -0.2) is 0 Å². The lowest BCUT2D eigenvalue weighted by atomic mass is 10.0. The number of aliphatic hydroxyl groups excluding tert-OH is 1. The van der Waals surface area contributed by atoms with Crippen molar-refractivity contribution in [2.24, 2.45) is 5.92 Å². The monoisotopic (exact) mass is 183 g/mol. The van der Waals surface area contributed by atoms with E-state index in [1.807, 2.05) is 0 Å². The standard InChI is InChI=1S/C9H13NOS/c11-6-7-3-4-10-9(7)8-2-1-5-12-8/h1-2,5,7,9-11H,3-4,6H2/t7-,9-/m0/s1. The summed E-state index contributed by atoms with van der Waals surface area (Å²) < 4.78 is 0. The molecule has 0 aromatic carbocycles. The highest BCUT2D eigenvalue weighted by molar-refractivity contribution is 7.10. The molecule has 1 saturated heterocycles. The van der Waals surface area contributed by atoms with Crippen LogP contribution in [0.1, 0.15) is 17.3 Å². The van der Waals surface area contributed by atoms with Gasteiger partial charge in [-0.15, -0.1) is 11.3 Å². The first-order chi connectivity index (χ1) is 5.92. The summed E-state index contributed by atoms with van der Waals surface area (Å²) in [6, 6.07) is 4.60. The summed E-state index contributed by atoms with van der Waals surface area (Å²) in [6.45, 7) is 1.34. The second-order valence-electron chi connectivity index (χ2n) is 3.18. The summed E-state index contributed by atoms with van der Waals surface area (Å²) in [7, 11) is 0. The fraction of sp³-hybridized carbons (Fsp3) is 0.556. The van der Waals surface area contributed by atoms with E-state index in [4.69, 9.17) is 5.11 Å². The van der Waals surface area contributed by atoms with Crippen LogP contribution in [-0.4, -0.2) is 18.3 Å². The Hall–Kier alpha value is -0.380. The Bertz CT molecular complexity index is 235. The molecule has 12 heavy (non-hydrogen) atoms. The number of thiophene rings is 1. The molecule has 1 aliphatic rings. The van der Waals surface area contributed by atoms with E-state index in [0.29, 0.717) is 18.6 Å². The fourth-order valence-electron chi connectivity index (χ4n) is 1.76. The molecule has 1 fully saturated rings. The lowest BCUT2D eigenvalue weighted by Gasteiger charge is -2.15. The SMILES string of the molecule is OC[C@@H]1CCN[C@@H]1c1cccs1. The van der Waals surface area contributed by atoms with Gasteiger partial charge in [-0.3, -0.25) is 0 Å². The zero-order chi connectivity index (χ0) is 8.39. The van der Waals surface area contributed by atoms with Crippen molar-refractivity contribution in [2.45, 2.75) is 12.5 Å². The summed E-state index contributed by atoms with van der Waals surface area (Å²) >= 11 is 1.77. The Balaban J connectivity index is 2.13. The fourth-order valence-corrected chi connectivity index (χ4v) is 2.65. The quantitative estimate of drug-likeness (QED) is 0.726. The summed E-state index contributed by atoms with van der Waals surface area (Å²) in [4.78, 5) is 1.35. The highest BCUT2D eigenvalue weighted by Crippen LogP contribution is 2.31. The van der Waals surface area contributed by atoms with Crippen LogP contribution in [0.5, 0.6) is 0 Å². The van der Waals surface area contributed by atoms with Gasteiger partial charge in [-0.2, -0.15) is 0 Å². The second kappa shape index (κ2) is 3.56. The molecule has 1 aliphatic heterocycles. The van der Waals surface area contributed by atoms with E-state index in [0.717, 1.165) is 13.0 Å². The number of hydrogen-bond donors (Lipinski definition) is 2. The minimum Gasteiger partial charge on any atom is -0.396 e. The van der Waals surface area contributed by atoms with Gasteiger partial charge in [-0.05, 0) is 24.4 Å². The predicted octanol–water partition coefficient (Wildman–Crippen LogP) is 1.39. The topological polar surface area (TPSA) is 32.3 Å². The van der Waals surface area contributed by atoms with Crippen LogP contribution in [0, 0.1) is 5.92 Å². The van der Waals surface area contributed by atoms with Crippen molar-refractivity contribution in [3.63, 3.8) is 0 Å². The van der Waals surface area contributed by atoms with Crippen molar-refractivity contribution in [1.82, 2.24) is 5.32 Å². The average Bonchev–Trinajstić information content (AvgIpc) is 2.74. The van der Waals surface area contributed by atoms with E-state index in [1.54, 1.807) is 11.3 Å². The van der Waals surface area contributed by atoms with E-state index in [1.165, 1.54) is 4.88 Å². The number of rotatable bonds is 2. The number of aliphatic hydroxyl groups is 1. The van der Waals surface area contributed by atoms with E-state index >= 15 is 0 Å². The Morgan fingerprint density at radius 2 is 2.58 bits per heavy atom. The molecule has 2 nitrogen and oxygen atoms in total. The van der Waals surface area contributed by atoms with Crippen LogP contribution in [0.15, 0.2) is 17.5 Å². The summed E-state index contributed by atoms with van der Waals surface area (Å²) in [5.74, 6) is 0.420. The first kappa shape index (κ1) is 8.23. The third-order valence-corrected chi connectivity index (χ3v) is 3.39. The van der Waals surface area contributed by atoms with Crippen LogP contribution < -0.4 is 5.32 Å². The van der Waals surface area contributed by atoms with Crippen LogP contribution >= 0.6 is 11.3 Å². The van der Waals surface area contributed by atoms with Crippen LogP contribution in [0.2, 0.25) is 0 Å². The highest BCUT2D eigenvalue weighted by atomic mass is 32.1. The molecule has 2 N–H and O–H groups in total. The van der Waals surface area contributed by atoms with Crippen molar-refractivity contribution < 1.29 is 5.11 Å². The van der Waals surface area contributed by atoms with Gasteiger partial charge in [0.1, 0.15) is 0 Å². The van der Waals surface area contributed by atoms with Gasteiger partial charge in [-0.1, -0.05) is 6.07 Å². The molecule has 0 aliphatic carbocycles. The van der Waals surface area contributed by atoms with Crippen molar-refractivity contribution in [3.05, 3.63) is 22.4 Å². The molecule has 1 aromatic rings. The summed E-state index contributed by atoms with van der Waals surface area (Å²) in [6.07, 6.45) is 1.10. The third-order valence-electron chi connectivity index (χ3n) is 2.44. The van der Waals surface area contributed by atoms with Crippen molar-refractivity contribution >= 4 is 11.3 Å². The zero-order valence-electron chi connectivity index (χ0n) is 6.86. The minimum atomic E-state index is 0.301. The molecule has 2 atom stereocenters. The third kappa shape index (κ3) is 1.40. The Kier molecular flexibility index (Phi) is 2.44.